The van der Waals surface area contributed by atoms with Gasteiger partial charge in [-0.2, -0.15) is 0 Å². The van der Waals surface area contributed by atoms with E-state index < -0.39 is 0 Å². The highest BCUT2D eigenvalue weighted by Gasteiger charge is 2.30. The van der Waals surface area contributed by atoms with E-state index in [0.717, 1.165) is 16.9 Å². The van der Waals surface area contributed by atoms with E-state index in [2.05, 4.69) is 19.2 Å². The lowest BCUT2D eigenvalue weighted by molar-refractivity contribution is -0.115. The summed E-state index contributed by atoms with van der Waals surface area (Å²) in [4.78, 5) is 13.4. The molecule has 1 aliphatic rings. The van der Waals surface area contributed by atoms with E-state index >= 15 is 0 Å². The molecule has 0 saturated carbocycles. The quantitative estimate of drug-likeness (QED) is 0.881. The first-order valence-electron chi connectivity index (χ1n) is 5.90. The number of carbonyl (C=O) groups excluding carboxylic acids is 1. The lowest BCUT2D eigenvalue weighted by atomic mass is 10.00. The van der Waals surface area contributed by atoms with Crippen LogP contribution in [-0.4, -0.2) is 23.9 Å². The summed E-state index contributed by atoms with van der Waals surface area (Å²) >= 11 is 1.28. The molecular formula is C13H17N3OS. The molecule has 18 heavy (non-hydrogen) atoms. The molecular weight excluding hydrogens is 246 g/mol. The molecule has 1 aliphatic heterocycles. The van der Waals surface area contributed by atoms with Crippen LogP contribution in [0.25, 0.3) is 0 Å². The van der Waals surface area contributed by atoms with Gasteiger partial charge in [0.15, 0.2) is 5.17 Å². The number of carbonyl (C=O) groups is 1. The Labute approximate surface area is 111 Å². The fraction of sp³-hybridized carbons (Fsp3) is 0.385. The van der Waals surface area contributed by atoms with Gasteiger partial charge in [0, 0.05) is 12.7 Å². The fourth-order valence-corrected chi connectivity index (χ4v) is 2.72. The molecule has 1 saturated heterocycles. The zero-order valence-corrected chi connectivity index (χ0v) is 11.6. The van der Waals surface area contributed by atoms with E-state index in [4.69, 9.17) is 5.41 Å². The third kappa shape index (κ3) is 2.22. The number of hydrogen-bond acceptors (Lipinski definition) is 4. The van der Waals surface area contributed by atoms with Gasteiger partial charge in [-0.15, -0.1) is 0 Å². The van der Waals surface area contributed by atoms with Crippen LogP contribution < -0.4 is 10.2 Å². The van der Waals surface area contributed by atoms with Crippen LogP contribution in [0.5, 0.6) is 0 Å². The Morgan fingerprint density at radius 1 is 1.44 bits per heavy atom. The minimum Gasteiger partial charge on any atom is -0.388 e. The molecule has 0 aliphatic carbocycles. The maximum Gasteiger partial charge on any atom is 0.243 e. The second-order valence-corrected chi connectivity index (χ2v) is 5.47. The molecule has 0 atom stereocenters. The number of amides is 1. The number of nitrogens with zero attached hydrogens (tertiary/aromatic N) is 1. The van der Waals surface area contributed by atoms with E-state index in [1.807, 2.05) is 25.2 Å². The standard InChI is InChI=1S/C13H17N3OS/c1-8(2)10-5-4-9(15-3)6-11(10)16-12(17)7-18-13(16)14/h4-6,8,14-15H,7H2,1-3H3. The molecule has 1 aromatic carbocycles. The van der Waals surface area contributed by atoms with Gasteiger partial charge in [-0.25, -0.2) is 0 Å². The van der Waals surface area contributed by atoms with Gasteiger partial charge in [0.05, 0.1) is 11.4 Å². The monoisotopic (exact) mass is 263 g/mol. The average Bonchev–Trinajstić information content (AvgIpc) is 2.68. The average molecular weight is 263 g/mol. The molecule has 0 unspecified atom stereocenters. The minimum atomic E-state index is -0.0137. The van der Waals surface area contributed by atoms with Crippen LogP contribution >= 0.6 is 11.8 Å². The summed E-state index contributed by atoms with van der Waals surface area (Å²) in [5, 5.41) is 11.3. The van der Waals surface area contributed by atoms with Crippen molar-refractivity contribution in [3.8, 4) is 0 Å². The number of nitrogens with one attached hydrogen (secondary N) is 2. The van der Waals surface area contributed by atoms with Crippen LogP contribution in [0.2, 0.25) is 0 Å². The summed E-state index contributed by atoms with van der Waals surface area (Å²) in [6.07, 6.45) is 0. The Bertz CT molecular complexity index is 483. The summed E-state index contributed by atoms with van der Waals surface area (Å²) in [5.41, 5.74) is 2.87. The Morgan fingerprint density at radius 3 is 2.67 bits per heavy atom. The van der Waals surface area contributed by atoms with Crippen molar-refractivity contribution in [1.82, 2.24) is 0 Å². The Hall–Kier alpha value is -1.49. The van der Waals surface area contributed by atoms with Crippen molar-refractivity contribution < 1.29 is 4.79 Å². The van der Waals surface area contributed by atoms with Crippen LogP contribution in [-0.2, 0) is 4.79 Å². The number of benzene rings is 1. The Kier molecular flexibility index (Phi) is 3.61. The zero-order valence-electron chi connectivity index (χ0n) is 10.8. The summed E-state index contributed by atoms with van der Waals surface area (Å²) in [7, 11) is 1.85. The maximum atomic E-state index is 11.9. The molecule has 0 spiro atoms. The van der Waals surface area contributed by atoms with Gasteiger partial charge in [-0.1, -0.05) is 31.7 Å². The highest BCUT2D eigenvalue weighted by molar-refractivity contribution is 8.15. The van der Waals surface area contributed by atoms with Crippen LogP contribution in [0, 0.1) is 5.41 Å². The molecule has 5 heteroatoms. The lowest BCUT2D eigenvalue weighted by Crippen LogP contribution is -2.29. The van der Waals surface area contributed by atoms with Crippen molar-refractivity contribution in [2.24, 2.45) is 0 Å². The topological polar surface area (TPSA) is 56.2 Å². The molecule has 96 valence electrons. The zero-order chi connectivity index (χ0) is 13.3. The highest BCUT2D eigenvalue weighted by Crippen LogP contribution is 2.34. The minimum absolute atomic E-state index is 0.0137. The van der Waals surface area contributed by atoms with Crippen molar-refractivity contribution in [1.29, 1.82) is 5.41 Å². The summed E-state index contributed by atoms with van der Waals surface area (Å²) in [6, 6.07) is 5.96. The number of rotatable bonds is 3. The third-order valence-electron chi connectivity index (χ3n) is 2.97. The van der Waals surface area contributed by atoms with Crippen molar-refractivity contribution in [2.75, 3.05) is 23.0 Å². The Morgan fingerprint density at radius 2 is 2.17 bits per heavy atom. The maximum absolute atomic E-state index is 11.9. The molecule has 1 aromatic rings. The van der Waals surface area contributed by atoms with Gasteiger partial charge in [-0.3, -0.25) is 15.1 Å². The van der Waals surface area contributed by atoms with E-state index in [1.54, 1.807) is 0 Å². The van der Waals surface area contributed by atoms with Gasteiger partial charge in [-0.05, 0) is 23.6 Å². The van der Waals surface area contributed by atoms with E-state index in [-0.39, 0.29) is 5.91 Å². The number of thioether (sulfide) groups is 1. The van der Waals surface area contributed by atoms with Gasteiger partial charge >= 0.3 is 0 Å². The molecule has 1 heterocycles. The second-order valence-electron chi connectivity index (χ2n) is 4.50. The molecule has 0 bridgehead atoms. The second kappa shape index (κ2) is 5.02. The number of hydrogen-bond donors (Lipinski definition) is 2. The van der Waals surface area contributed by atoms with Crippen LogP contribution in [0.15, 0.2) is 18.2 Å². The van der Waals surface area contributed by atoms with Crippen LogP contribution in [0.4, 0.5) is 11.4 Å². The fourth-order valence-electron chi connectivity index (χ4n) is 2.00. The predicted molar refractivity (Wildman–Crippen MR) is 77.7 cm³/mol. The molecule has 2 rings (SSSR count). The summed E-state index contributed by atoms with van der Waals surface area (Å²) in [6.45, 7) is 4.18. The summed E-state index contributed by atoms with van der Waals surface area (Å²) < 4.78 is 0. The smallest absolute Gasteiger partial charge is 0.243 e. The van der Waals surface area contributed by atoms with Gasteiger partial charge < -0.3 is 5.32 Å². The van der Waals surface area contributed by atoms with E-state index in [0.29, 0.717) is 16.8 Å². The summed E-state index contributed by atoms with van der Waals surface area (Å²) in [5.74, 6) is 0.664. The molecule has 1 amide bonds. The number of anilines is 2. The predicted octanol–water partition coefficient (Wildman–Crippen LogP) is 2.87. The largest absolute Gasteiger partial charge is 0.388 e. The molecule has 0 aromatic heterocycles. The van der Waals surface area contributed by atoms with Crippen molar-refractivity contribution in [3.63, 3.8) is 0 Å². The number of amidine groups is 1. The molecule has 1 fully saturated rings. The molecule has 2 N–H and O–H groups in total. The van der Waals surface area contributed by atoms with Gasteiger partial charge in [0.1, 0.15) is 0 Å². The van der Waals surface area contributed by atoms with Gasteiger partial charge in [0.2, 0.25) is 5.91 Å². The third-order valence-corrected chi connectivity index (χ3v) is 3.81. The first-order chi connectivity index (χ1) is 8.54. The highest BCUT2D eigenvalue weighted by atomic mass is 32.2. The van der Waals surface area contributed by atoms with Crippen molar-refractivity contribution >= 4 is 34.2 Å². The molecule has 0 radical (unpaired) electrons. The van der Waals surface area contributed by atoms with E-state index in [1.165, 1.54) is 16.7 Å². The lowest BCUT2D eigenvalue weighted by Gasteiger charge is -2.22. The SMILES string of the molecule is CNc1ccc(C(C)C)c(N2C(=N)SCC2=O)c1. The first-order valence-corrected chi connectivity index (χ1v) is 6.89. The van der Waals surface area contributed by atoms with Crippen LogP contribution in [0.3, 0.4) is 0 Å². The van der Waals surface area contributed by atoms with Gasteiger partial charge in [0.25, 0.3) is 0 Å². The van der Waals surface area contributed by atoms with Crippen molar-refractivity contribution in [2.45, 2.75) is 19.8 Å². The molecule has 4 nitrogen and oxygen atoms in total. The first kappa shape index (κ1) is 13.0. The normalized spacial score (nSPS) is 15.7. The van der Waals surface area contributed by atoms with Crippen molar-refractivity contribution in [3.05, 3.63) is 23.8 Å². The van der Waals surface area contributed by atoms with Crippen LogP contribution in [0.1, 0.15) is 25.3 Å². The Balaban J connectivity index is 2.52. The van der Waals surface area contributed by atoms with E-state index in [9.17, 15) is 4.79 Å².